The van der Waals surface area contributed by atoms with Gasteiger partial charge in [0.2, 0.25) is 0 Å². The fraction of sp³-hybridized carbons (Fsp3) is 0.238. The van der Waals surface area contributed by atoms with Crippen molar-refractivity contribution in [3.05, 3.63) is 71.4 Å². The van der Waals surface area contributed by atoms with Gasteiger partial charge in [-0.2, -0.15) is 13.9 Å². The summed E-state index contributed by atoms with van der Waals surface area (Å²) in [5.41, 5.74) is 3.75. The molecule has 0 aliphatic carbocycles. The number of benzene rings is 2. The van der Waals surface area contributed by atoms with Gasteiger partial charge in [0.1, 0.15) is 11.4 Å². The van der Waals surface area contributed by atoms with E-state index in [9.17, 15) is 13.6 Å². The van der Waals surface area contributed by atoms with E-state index >= 15 is 0 Å². The van der Waals surface area contributed by atoms with Crippen LogP contribution in [0.2, 0.25) is 0 Å². The number of amides is 1. The summed E-state index contributed by atoms with van der Waals surface area (Å²) >= 11 is 0. The predicted molar refractivity (Wildman–Crippen MR) is 102 cm³/mol. The molecule has 1 atom stereocenters. The molecule has 7 heteroatoms. The number of aromatic nitrogens is 2. The van der Waals surface area contributed by atoms with Crippen LogP contribution < -0.4 is 10.1 Å². The van der Waals surface area contributed by atoms with Crippen LogP contribution >= 0.6 is 0 Å². The molecule has 1 unspecified atom stereocenters. The molecule has 0 fully saturated rings. The average Bonchev–Trinajstić information content (AvgIpc) is 3.17. The van der Waals surface area contributed by atoms with E-state index < -0.39 is 6.61 Å². The third kappa shape index (κ3) is 4.73. The van der Waals surface area contributed by atoms with Gasteiger partial charge in [0.15, 0.2) is 0 Å². The number of aromatic amines is 1. The van der Waals surface area contributed by atoms with E-state index in [1.54, 1.807) is 18.2 Å². The summed E-state index contributed by atoms with van der Waals surface area (Å²) < 4.78 is 28.8. The largest absolute Gasteiger partial charge is 0.435 e. The normalized spacial score (nSPS) is 12.0. The first-order chi connectivity index (χ1) is 13.5. The summed E-state index contributed by atoms with van der Waals surface area (Å²) in [6.07, 6.45) is 0.751. The molecule has 5 nitrogen and oxygen atoms in total. The maximum atomic E-state index is 12.6. The lowest BCUT2D eigenvalue weighted by molar-refractivity contribution is -0.0498. The number of aryl methyl sites for hydroxylation is 1. The van der Waals surface area contributed by atoms with Crippen LogP contribution in [0.3, 0.4) is 0 Å². The van der Waals surface area contributed by atoms with E-state index in [0.29, 0.717) is 17.0 Å². The van der Waals surface area contributed by atoms with Crippen molar-refractivity contribution < 1.29 is 18.3 Å². The molecular formula is C21H21F2N3O2. The molecule has 0 bridgehead atoms. The van der Waals surface area contributed by atoms with Gasteiger partial charge in [0, 0.05) is 5.56 Å². The standard InChI is InChI=1S/C21H21F2N3O2/c1-3-17(14-6-4-13(2)5-7-14)24-20(27)19-12-18(25-26-19)15-8-10-16(11-9-15)28-21(22)23/h4-12,17,21H,3H2,1-2H3,(H,24,27)(H,25,26). The molecule has 0 aliphatic heterocycles. The Labute approximate surface area is 161 Å². The van der Waals surface area contributed by atoms with Gasteiger partial charge in [-0.1, -0.05) is 36.8 Å². The Morgan fingerprint density at radius 2 is 1.82 bits per heavy atom. The van der Waals surface area contributed by atoms with E-state index in [4.69, 9.17) is 0 Å². The van der Waals surface area contributed by atoms with E-state index in [0.717, 1.165) is 17.5 Å². The van der Waals surface area contributed by atoms with Crippen molar-refractivity contribution in [3.63, 3.8) is 0 Å². The maximum absolute atomic E-state index is 12.6. The highest BCUT2D eigenvalue weighted by Crippen LogP contribution is 2.23. The van der Waals surface area contributed by atoms with Gasteiger partial charge >= 0.3 is 6.61 Å². The lowest BCUT2D eigenvalue weighted by atomic mass is 10.0. The molecular weight excluding hydrogens is 364 g/mol. The number of ether oxygens (including phenoxy) is 1. The monoisotopic (exact) mass is 385 g/mol. The van der Waals surface area contributed by atoms with Crippen molar-refractivity contribution in [1.29, 1.82) is 0 Å². The summed E-state index contributed by atoms with van der Waals surface area (Å²) in [6.45, 7) is 1.15. The average molecular weight is 385 g/mol. The molecule has 0 radical (unpaired) electrons. The molecule has 1 heterocycles. The number of nitrogens with one attached hydrogen (secondary N) is 2. The molecule has 0 aliphatic rings. The van der Waals surface area contributed by atoms with Crippen molar-refractivity contribution in [2.75, 3.05) is 0 Å². The van der Waals surface area contributed by atoms with Crippen LogP contribution in [0, 0.1) is 6.92 Å². The molecule has 0 spiro atoms. The minimum Gasteiger partial charge on any atom is -0.435 e. The third-order valence-electron chi connectivity index (χ3n) is 4.39. The minimum atomic E-state index is -2.87. The Morgan fingerprint density at radius 3 is 2.43 bits per heavy atom. The van der Waals surface area contributed by atoms with Crippen LogP contribution in [0.1, 0.15) is 41.0 Å². The Bertz CT molecular complexity index is 922. The van der Waals surface area contributed by atoms with Crippen LogP contribution in [0.25, 0.3) is 11.3 Å². The summed E-state index contributed by atoms with van der Waals surface area (Å²) in [7, 11) is 0. The summed E-state index contributed by atoms with van der Waals surface area (Å²) in [4.78, 5) is 12.6. The number of hydrogen-bond acceptors (Lipinski definition) is 3. The lowest BCUT2D eigenvalue weighted by Gasteiger charge is -2.17. The molecule has 2 aromatic carbocycles. The quantitative estimate of drug-likeness (QED) is 0.610. The highest BCUT2D eigenvalue weighted by Gasteiger charge is 2.16. The molecule has 3 rings (SSSR count). The first kappa shape index (κ1) is 19.5. The maximum Gasteiger partial charge on any atom is 0.387 e. The number of halogens is 2. The van der Waals surface area contributed by atoms with Crippen LogP contribution in [-0.2, 0) is 0 Å². The number of H-pyrrole nitrogens is 1. The third-order valence-corrected chi connectivity index (χ3v) is 4.39. The number of alkyl halides is 2. The van der Waals surface area contributed by atoms with Gasteiger partial charge in [-0.05, 0) is 49.2 Å². The fourth-order valence-corrected chi connectivity index (χ4v) is 2.85. The molecule has 28 heavy (non-hydrogen) atoms. The molecule has 1 amide bonds. The summed E-state index contributed by atoms with van der Waals surface area (Å²) in [6, 6.07) is 15.6. The fourth-order valence-electron chi connectivity index (χ4n) is 2.85. The second-order valence-corrected chi connectivity index (χ2v) is 6.41. The topological polar surface area (TPSA) is 67.0 Å². The molecule has 3 aromatic rings. The van der Waals surface area contributed by atoms with Crippen molar-refractivity contribution >= 4 is 5.91 Å². The van der Waals surface area contributed by atoms with Crippen LogP contribution in [0.15, 0.2) is 54.6 Å². The van der Waals surface area contributed by atoms with Gasteiger partial charge in [0.25, 0.3) is 5.91 Å². The smallest absolute Gasteiger partial charge is 0.387 e. The summed E-state index contributed by atoms with van der Waals surface area (Å²) in [5, 5.41) is 9.87. The zero-order valence-electron chi connectivity index (χ0n) is 15.6. The first-order valence-corrected chi connectivity index (χ1v) is 8.94. The predicted octanol–water partition coefficient (Wildman–Crippen LogP) is 4.87. The zero-order valence-corrected chi connectivity index (χ0v) is 15.6. The van der Waals surface area contributed by atoms with E-state index in [1.807, 2.05) is 38.1 Å². The molecule has 146 valence electrons. The van der Waals surface area contributed by atoms with Gasteiger partial charge in [0.05, 0.1) is 11.7 Å². The van der Waals surface area contributed by atoms with Crippen molar-refractivity contribution in [2.45, 2.75) is 32.9 Å². The Kier molecular flexibility index (Phi) is 6.03. The van der Waals surface area contributed by atoms with Gasteiger partial charge < -0.3 is 10.1 Å². The summed E-state index contributed by atoms with van der Waals surface area (Å²) in [5.74, 6) is -0.194. The van der Waals surface area contributed by atoms with E-state index in [-0.39, 0.29) is 17.7 Å². The first-order valence-electron chi connectivity index (χ1n) is 8.94. The number of carbonyl (C=O) groups is 1. The van der Waals surface area contributed by atoms with Crippen LogP contribution in [0.4, 0.5) is 8.78 Å². The van der Waals surface area contributed by atoms with Crippen LogP contribution in [0.5, 0.6) is 5.75 Å². The Hall–Kier alpha value is -3.22. The number of nitrogens with zero attached hydrogens (tertiary/aromatic N) is 1. The van der Waals surface area contributed by atoms with E-state index in [1.165, 1.54) is 12.1 Å². The number of hydrogen-bond donors (Lipinski definition) is 2. The van der Waals surface area contributed by atoms with Crippen molar-refractivity contribution in [1.82, 2.24) is 15.5 Å². The Morgan fingerprint density at radius 1 is 1.14 bits per heavy atom. The van der Waals surface area contributed by atoms with Crippen molar-refractivity contribution in [3.8, 4) is 17.0 Å². The second kappa shape index (κ2) is 8.65. The molecule has 0 saturated carbocycles. The second-order valence-electron chi connectivity index (χ2n) is 6.41. The van der Waals surface area contributed by atoms with Crippen LogP contribution in [-0.4, -0.2) is 22.7 Å². The molecule has 1 aromatic heterocycles. The number of carbonyl (C=O) groups excluding carboxylic acids is 1. The molecule has 2 N–H and O–H groups in total. The highest BCUT2D eigenvalue weighted by atomic mass is 19.3. The SMILES string of the molecule is CCC(NC(=O)c1cc(-c2ccc(OC(F)F)cc2)n[nH]1)c1ccc(C)cc1. The Balaban J connectivity index is 1.70. The molecule has 0 saturated heterocycles. The van der Waals surface area contributed by atoms with Gasteiger partial charge in [-0.3, -0.25) is 9.89 Å². The lowest BCUT2D eigenvalue weighted by Crippen LogP contribution is -2.28. The van der Waals surface area contributed by atoms with Gasteiger partial charge in [-0.15, -0.1) is 0 Å². The zero-order chi connectivity index (χ0) is 20.1. The van der Waals surface area contributed by atoms with Gasteiger partial charge in [-0.25, -0.2) is 0 Å². The number of rotatable bonds is 7. The highest BCUT2D eigenvalue weighted by molar-refractivity contribution is 5.93. The van der Waals surface area contributed by atoms with Crippen molar-refractivity contribution in [2.24, 2.45) is 0 Å². The minimum absolute atomic E-state index is 0.0659. The van der Waals surface area contributed by atoms with E-state index in [2.05, 4.69) is 20.3 Å².